The molecule has 1 aromatic carbocycles. The SMILES string of the molecule is C[C@@H]1CCc2[nH]c3ccc(C(=O)O[C@H]4C[C@@H](C)OC4=O)cc3c2C1. The van der Waals surface area contributed by atoms with Crippen LogP contribution >= 0.6 is 0 Å². The van der Waals surface area contributed by atoms with E-state index in [1.807, 2.05) is 12.1 Å². The number of esters is 2. The van der Waals surface area contributed by atoms with Gasteiger partial charge in [-0.25, -0.2) is 9.59 Å². The summed E-state index contributed by atoms with van der Waals surface area (Å²) in [6.07, 6.45) is 2.71. The van der Waals surface area contributed by atoms with E-state index in [0.29, 0.717) is 17.9 Å². The number of cyclic esters (lactones) is 1. The maximum Gasteiger partial charge on any atom is 0.347 e. The van der Waals surface area contributed by atoms with Crippen LogP contribution in [0.4, 0.5) is 0 Å². The molecule has 1 N–H and O–H groups in total. The van der Waals surface area contributed by atoms with Gasteiger partial charge in [-0.05, 0) is 55.9 Å². The predicted molar refractivity (Wildman–Crippen MR) is 88.9 cm³/mol. The Hall–Kier alpha value is -2.30. The van der Waals surface area contributed by atoms with Crippen molar-refractivity contribution < 1.29 is 19.1 Å². The van der Waals surface area contributed by atoms with Crippen molar-refractivity contribution in [1.82, 2.24) is 4.98 Å². The molecular weight excluding hydrogens is 306 g/mol. The van der Waals surface area contributed by atoms with Crippen molar-refractivity contribution in [3.8, 4) is 0 Å². The Kier molecular flexibility index (Phi) is 3.59. The van der Waals surface area contributed by atoms with Crippen LogP contribution in [0.25, 0.3) is 10.9 Å². The highest BCUT2D eigenvalue weighted by atomic mass is 16.6. The number of aromatic nitrogens is 1. The molecule has 0 radical (unpaired) electrons. The van der Waals surface area contributed by atoms with E-state index < -0.39 is 18.0 Å². The molecular formula is C19H21NO4. The topological polar surface area (TPSA) is 68.4 Å². The lowest BCUT2D eigenvalue weighted by Crippen LogP contribution is -2.22. The third-order valence-corrected chi connectivity index (χ3v) is 5.05. The summed E-state index contributed by atoms with van der Waals surface area (Å²) >= 11 is 0. The number of ether oxygens (including phenoxy) is 2. The minimum Gasteiger partial charge on any atom is -0.460 e. The van der Waals surface area contributed by atoms with E-state index >= 15 is 0 Å². The Labute approximate surface area is 140 Å². The van der Waals surface area contributed by atoms with Gasteiger partial charge in [0.15, 0.2) is 0 Å². The van der Waals surface area contributed by atoms with Gasteiger partial charge in [0.05, 0.1) is 5.56 Å². The lowest BCUT2D eigenvalue weighted by molar-refractivity contribution is -0.147. The molecule has 0 spiro atoms. The van der Waals surface area contributed by atoms with Gasteiger partial charge in [-0.15, -0.1) is 0 Å². The van der Waals surface area contributed by atoms with Gasteiger partial charge in [0.2, 0.25) is 6.10 Å². The number of fused-ring (bicyclic) bond motifs is 3. The van der Waals surface area contributed by atoms with Crippen molar-refractivity contribution in [2.75, 3.05) is 0 Å². The van der Waals surface area contributed by atoms with E-state index in [0.717, 1.165) is 23.7 Å². The van der Waals surface area contributed by atoms with Gasteiger partial charge in [-0.1, -0.05) is 6.92 Å². The van der Waals surface area contributed by atoms with Crippen molar-refractivity contribution in [3.63, 3.8) is 0 Å². The van der Waals surface area contributed by atoms with Gasteiger partial charge in [0, 0.05) is 23.0 Å². The maximum atomic E-state index is 12.4. The van der Waals surface area contributed by atoms with Crippen molar-refractivity contribution in [2.24, 2.45) is 5.92 Å². The number of carbonyl (C=O) groups excluding carboxylic acids is 2. The highest BCUT2D eigenvalue weighted by Gasteiger charge is 2.35. The molecule has 1 aromatic heterocycles. The van der Waals surface area contributed by atoms with Crippen LogP contribution in [0.1, 0.15) is 48.3 Å². The first-order valence-electron chi connectivity index (χ1n) is 8.56. The summed E-state index contributed by atoms with van der Waals surface area (Å²) in [5.74, 6) is -0.265. The van der Waals surface area contributed by atoms with E-state index in [2.05, 4.69) is 11.9 Å². The minimum atomic E-state index is -0.789. The molecule has 1 aliphatic carbocycles. The van der Waals surface area contributed by atoms with Crippen LogP contribution in [-0.2, 0) is 27.1 Å². The molecule has 24 heavy (non-hydrogen) atoms. The first-order valence-corrected chi connectivity index (χ1v) is 8.56. The summed E-state index contributed by atoms with van der Waals surface area (Å²) in [5, 5.41) is 1.09. The molecule has 5 heteroatoms. The Balaban J connectivity index is 1.61. The van der Waals surface area contributed by atoms with Crippen LogP contribution in [0.3, 0.4) is 0 Å². The largest absolute Gasteiger partial charge is 0.460 e. The lowest BCUT2D eigenvalue weighted by atomic mass is 9.87. The first kappa shape index (κ1) is 15.2. The summed E-state index contributed by atoms with van der Waals surface area (Å²) in [6, 6.07) is 5.55. The zero-order chi connectivity index (χ0) is 16.8. The fraction of sp³-hybridized carbons (Fsp3) is 0.474. The standard InChI is InChI=1S/C19H21NO4/c1-10-3-5-15-13(7-10)14-9-12(4-6-16(14)20-15)18(21)24-17-8-11(2)23-19(17)22/h4,6,9-11,17,20H,3,5,7-8H2,1-2H3/t10-,11-,17+/m1/s1. The molecule has 0 unspecified atom stereocenters. The zero-order valence-corrected chi connectivity index (χ0v) is 13.9. The first-order chi connectivity index (χ1) is 11.5. The van der Waals surface area contributed by atoms with Crippen LogP contribution in [0.15, 0.2) is 18.2 Å². The number of hydrogen-bond donors (Lipinski definition) is 1. The highest BCUT2D eigenvalue weighted by molar-refractivity contribution is 5.97. The van der Waals surface area contributed by atoms with Crippen LogP contribution in [0, 0.1) is 5.92 Å². The third-order valence-electron chi connectivity index (χ3n) is 5.05. The molecule has 2 aliphatic rings. The van der Waals surface area contributed by atoms with E-state index in [1.54, 1.807) is 13.0 Å². The molecule has 3 atom stereocenters. The number of H-pyrrole nitrogens is 1. The van der Waals surface area contributed by atoms with Gasteiger partial charge in [0.1, 0.15) is 6.10 Å². The van der Waals surface area contributed by atoms with E-state index in [-0.39, 0.29) is 6.10 Å². The molecule has 1 aliphatic heterocycles. The normalized spacial score (nSPS) is 26.2. The number of nitrogens with one attached hydrogen (secondary N) is 1. The van der Waals surface area contributed by atoms with Crippen molar-refractivity contribution >= 4 is 22.8 Å². The average molecular weight is 327 g/mol. The molecule has 1 fully saturated rings. The molecule has 0 amide bonds. The Morgan fingerprint density at radius 1 is 1.33 bits per heavy atom. The van der Waals surface area contributed by atoms with Crippen molar-refractivity contribution in [3.05, 3.63) is 35.0 Å². The summed E-state index contributed by atoms with van der Waals surface area (Å²) in [4.78, 5) is 27.5. The van der Waals surface area contributed by atoms with Gasteiger partial charge >= 0.3 is 11.9 Å². The van der Waals surface area contributed by atoms with Crippen molar-refractivity contribution in [2.45, 2.75) is 51.7 Å². The summed E-state index contributed by atoms with van der Waals surface area (Å²) in [6.45, 7) is 4.05. The molecule has 2 heterocycles. The van der Waals surface area contributed by atoms with E-state index in [9.17, 15) is 9.59 Å². The van der Waals surface area contributed by atoms with Gasteiger partial charge in [-0.3, -0.25) is 0 Å². The molecule has 2 aromatic rings. The number of rotatable bonds is 2. The molecule has 1 saturated heterocycles. The van der Waals surface area contributed by atoms with Gasteiger partial charge < -0.3 is 14.5 Å². The van der Waals surface area contributed by atoms with Crippen LogP contribution in [0.2, 0.25) is 0 Å². The Morgan fingerprint density at radius 3 is 2.92 bits per heavy atom. The Morgan fingerprint density at radius 2 is 2.17 bits per heavy atom. The number of hydrogen-bond acceptors (Lipinski definition) is 4. The lowest BCUT2D eigenvalue weighted by Gasteiger charge is -2.18. The third kappa shape index (κ3) is 2.58. The molecule has 4 rings (SSSR count). The summed E-state index contributed by atoms with van der Waals surface area (Å²) < 4.78 is 10.4. The molecule has 126 valence electrons. The quantitative estimate of drug-likeness (QED) is 0.860. The second kappa shape index (κ2) is 5.65. The van der Waals surface area contributed by atoms with Gasteiger partial charge in [0.25, 0.3) is 0 Å². The fourth-order valence-corrected chi connectivity index (χ4v) is 3.73. The van der Waals surface area contributed by atoms with Crippen molar-refractivity contribution in [1.29, 1.82) is 0 Å². The van der Waals surface area contributed by atoms with Crippen LogP contribution in [-0.4, -0.2) is 29.1 Å². The molecule has 5 nitrogen and oxygen atoms in total. The Bertz CT molecular complexity index is 822. The van der Waals surface area contributed by atoms with E-state index in [1.165, 1.54) is 17.7 Å². The molecule has 0 saturated carbocycles. The minimum absolute atomic E-state index is 0.198. The zero-order valence-electron chi connectivity index (χ0n) is 13.9. The monoisotopic (exact) mass is 327 g/mol. The predicted octanol–water partition coefficient (Wildman–Crippen LogP) is 3.15. The van der Waals surface area contributed by atoms with Crippen LogP contribution < -0.4 is 0 Å². The average Bonchev–Trinajstić information content (AvgIpc) is 3.06. The number of aryl methyl sites for hydroxylation is 1. The second-order valence-electron chi connectivity index (χ2n) is 7.07. The number of carbonyl (C=O) groups is 2. The highest BCUT2D eigenvalue weighted by Crippen LogP contribution is 2.32. The van der Waals surface area contributed by atoms with Gasteiger partial charge in [-0.2, -0.15) is 0 Å². The molecule has 0 bridgehead atoms. The smallest absolute Gasteiger partial charge is 0.347 e. The fourth-order valence-electron chi connectivity index (χ4n) is 3.73. The number of aromatic amines is 1. The van der Waals surface area contributed by atoms with E-state index in [4.69, 9.17) is 9.47 Å². The summed E-state index contributed by atoms with van der Waals surface area (Å²) in [5.41, 5.74) is 4.13. The maximum absolute atomic E-state index is 12.4. The van der Waals surface area contributed by atoms with Crippen LogP contribution in [0.5, 0.6) is 0 Å². The number of benzene rings is 1. The second-order valence-corrected chi connectivity index (χ2v) is 7.07. The summed E-state index contributed by atoms with van der Waals surface area (Å²) in [7, 11) is 0.